The monoisotopic (exact) mass is 298 g/mol. The predicted molar refractivity (Wildman–Crippen MR) is 92.1 cm³/mol. The van der Waals surface area contributed by atoms with Gasteiger partial charge in [0.2, 0.25) is 5.91 Å². The Labute approximate surface area is 132 Å². The van der Waals surface area contributed by atoms with Gasteiger partial charge in [0.05, 0.1) is 0 Å². The Hall–Kier alpha value is -0.570. The summed E-state index contributed by atoms with van der Waals surface area (Å²) in [5.74, 6) is 2.51. The molecule has 0 rings (SSSR count). The third kappa shape index (κ3) is 10.8. The number of hydrogen-bond donors (Lipinski definition) is 1. The molecule has 0 bridgehead atoms. The van der Waals surface area contributed by atoms with E-state index < -0.39 is 0 Å². The molecule has 0 fully saturated rings. The molecular weight excluding hydrogens is 260 g/mol. The highest BCUT2D eigenvalue weighted by Crippen LogP contribution is 2.17. The average Bonchev–Trinajstić information content (AvgIpc) is 2.36. The van der Waals surface area contributed by atoms with E-state index in [9.17, 15) is 4.79 Å². The highest BCUT2D eigenvalue weighted by atomic mass is 16.2. The van der Waals surface area contributed by atoms with Crippen LogP contribution in [0.5, 0.6) is 0 Å². The minimum Gasteiger partial charge on any atom is -0.343 e. The highest BCUT2D eigenvalue weighted by molar-refractivity contribution is 5.76. The number of carbonyl (C=O) groups is 1. The molecule has 3 heteroatoms. The lowest BCUT2D eigenvalue weighted by atomic mass is 9.93. The molecule has 1 atom stereocenters. The fourth-order valence-electron chi connectivity index (χ4n) is 2.49. The van der Waals surface area contributed by atoms with Crippen LogP contribution in [-0.4, -0.2) is 30.4 Å². The Morgan fingerprint density at radius 1 is 0.905 bits per heavy atom. The quantitative estimate of drug-likeness (QED) is 0.628. The number of hydrogen-bond acceptors (Lipinski definition) is 2. The van der Waals surface area contributed by atoms with Crippen LogP contribution in [0.4, 0.5) is 0 Å². The van der Waals surface area contributed by atoms with Gasteiger partial charge < -0.3 is 10.6 Å². The summed E-state index contributed by atoms with van der Waals surface area (Å²) in [7, 11) is 0. The second-order valence-corrected chi connectivity index (χ2v) is 7.68. The van der Waals surface area contributed by atoms with E-state index in [1.165, 1.54) is 0 Å². The van der Waals surface area contributed by atoms with Gasteiger partial charge in [-0.2, -0.15) is 0 Å². The predicted octanol–water partition coefficient (Wildman–Crippen LogP) is 3.92. The van der Waals surface area contributed by atoms with Crippen molar-refractivity contribution in [3.63, 3.8) is 0 Å². The summed E-state index contributed by atoms with van der Waals surface area (Å²) >= 11 is 0. The van der Waals surface area contributed by atoms with Gasteiger partial charge in [-0.3, -0.25) is 4.79 Å². The fourth-order valence-corrected chi connectivity index (χ4v) is 2.49. The fraction of sp³-hybridized carbons (Fsp3) is 0.944. The molecule has 0 aromatic rings. The Kier molecular flexibility index (Phi) is 10.8. The molecule has 0 aliphatic heterocycles. The minimum atomic E-state index is 0.299. The lowest BCUT2D eigenvalue weighted by Gasteiger charge is -2.27. The summed E-state index contributed by atoms with van der Waals surface area (Å²) in [5, 5.41) is 0. The van der Waals surface area contributed by atoms with E-state index in [1.807, 2.05) is 0 Å². The highest BCUT2D eigenvalue weighted by Gasteiger charge is 2.19. The average molecular weight is 299 g/mol. The van der Waals surface area contributed by atoms with Crippen LogP contribution in [0, 0.1) is 23.7 Å². The normalized spacial score (nSPS) is 13.2. The van der Waals surface area contributed by atoms with Crippen LogP contribution in [0.1, 0.15) is 67.2 Å². The van der Waals surface area contributed by atoms with Crippen LogP contribution < -0.4 is 5.73 Å². The van der Waals surface area contributed by atoms with Gasteiger partial charge >= 0.3 is 0 Å². The van der Waals surface area contributed by atoms with E-state index in [0.717, 1.165) is 32.4 Å². The largest absolute Gasteiger partial charge is 0.343 e. The van der Waals surface area contributed by atoms with Crippen molar-refractivity contribution >= 4 is 5.91 Å². The van der Waals surface area contributed by atoms with Crippen LogP contribution in [0.15, 0.2) is 0 Å². The zero-order valence-electron chi connectivity index (χ0n) is 15.2. The van der Waals surface area contributed by atoms with Gasteiger partial charge in [0.25, 0.3) is 0 Å². The molecule has 0 heterocycles. The molecule has 3 nitrogen and oxygen atoms in total. The van der Waals surface area contributed by atoms with Gasteiger partial charge in [-0.15, -0.1) is 0 Å². The van der Waals surface area contributed by atoms with E-state index in [-0.39, 0.29) is 0 Å². The van der Waals surface area contributed by atoms with E-state index >= 15 is 0 Å². The second-order valence-electron chi connectivity index (χ2n) is 7.68. The third-order valence-electron chi connectivity index (χ3n) is 3.91. The van der Waals surface area contributed by atoms with Crippen molar-refractivity contribution in [3.05, 3.63) is 0 Å². The number of rotatable bonds is 11. The van der Waals surface area contributed by atoms with Gasteiger partial charge in [0.15, 0.2) is 0 Å². The van der Waals surface area contributed by atoms with Gasteiger partial charge in [0, 0.05) is 19.5 Å². The molecule has 0 aromatic heterocycles. The number of nitrogens with zero attached hydrogens (tertiary/aromatic N) is 1. The van der Waals surface area contributed by atoms with Gasteiger partial charge in [-0.1, -0.05) is 41.5 Å². The van der Waals surface area contributed by atoms with Crippen LogP contribution in [0.2, 0.25) is 0 Å². The first-order valence-corrected chi connectivity index (χ1v) is 8.74. The summed E-state index contributed by atoms with van der Waals surface area (Å²) in [5.41, 5.74) is 5.84. The van der Waals surface area contributed by atoms with Crippen molar-refractivity contribution in [2.45, 2.75) is 67.2 Å². The Bertz CT molecular complexity index is 262. The molecule has 126 valence electrons. The summed E-state index contributed by atoms with van der Waals surface area (Å²) in [6.45, 7) is 15.7. The Morgan fingerprint density at radius 3 is 1.71 bits per heavy atom. The van der Waals surface area contributed by atoms with Crippen LogP contribution >= 0.6 is 0 Å². The zero-order valence-corrected chi connectivity index (χ0v) is 15.2. The van der Waals surface area contributed by atoms with Crippen molar-refractivity contribution in [2.75, 3.05) is 19.6 Å². The Balaban J connectivity index is 4.51. The van der Waals surface area contributed by atoms with Crippen molar-refractivity contribution in [2.24, 2.45) is 29.4 Å². The molecule has 1 unspecified atom stereocenters. The summed E-state index contributed by atoms with van der Waals surface area (Å²) in [4.78, 5) is 14.7. The summed E-state index contributed by atoms with van der Waals surface area (Å²) < 4.78 is 0. The summed E-state index contributed by atoms with van der Waals surface area (Å²) in [6, 6.07) is 0. The van der Waals surface area contributed by atoms with Gasteiger partial charge in [0.1, 0.15) is 0 Å². The van der Waals surface area contributed by atoms with E-state index in [1.54, 1.807) is 0 Å². The number of amides is 1. The first kappa shape index (κ1) is 20.4. The minimum absolute atomic E-state index is 0.299. The zero-order chi connectivity index (χ0) is 16.4. The third-order valence-corrected chi connectivity index (χ3v) is 3.91. The molecule has 0 saturated carbocycles. The van der Waals surface area contributed by atoms with E-state index in [2.05, 4.69) is 46.4 Å². The smallest absolute Gasteiger partial charge is 0.222 e. The SMILES string of the molecule is CC(C)CCN(CCC(C)C)C(=O)CC(CN)CC(C)C. The second kappa shape index (κ2) is 11.1. The van der Waals surface area contributed by atoms with E-state index in [4.69, 9.17) is 5.73 Å². The van der Waals surface area contributed by atoms with Crippen molar-refractivity contribution in [3.8, 4) is 0 Å². The van der Waals surface area contributed by atoms with Crippen LogP contribution in [0.25, 0.3) is 0 Å². The molecule has 0 aliphatic carbocycles. The lowest BCUT2D eigenvalue weighted by molar-refractivity contribution is -0.132. The summed E-state index contributed by atoms with van der Waals surface area (Å²) in [6.07, 6.45) is 3.83. The molecule has 0 radical (unpaired) electrons. The lowest BCUT2D eigenvalue weighted by Crippen LogP contribution is -2.36. The maximum Gasteiger partial charge on any atom is 0.222 e. The maximum atomic E-state index is 12.6. The molecule has 2 N–H and O–H groups in total. The Morgan fingerprint density at radius 2 is 1.38 bits per heavy atom. The molecule has 0 aliphatic rings. The van der Waals surface area contributed by atoms with Crippen LogP contribution in [0.3, 0.4) is 0 Å². The standard InChI is InChI=1S/C18H38N2O/c1-14(2)7-9-20(10-8-15(3)4)18(21)12-17(13-19)11-16(5)6/h14-17H,7-13,19H2,1-6H3. The molecule has 0 aromatic carbocycles. The van der Waals surface area contributed by atoms with E-state index in [0.29, 0.717) is 42.5 Å². The van der Waals surface area contributed by atoms with Gasteiger partial charge in [-0.25, -0.2) is 0 Å². The topological polar surface area (TPSA) is 46.3 Å². The molecular formula is C18H38N2O. The maximum absolute atomic E-state index is 12.6. The van der Waals surface area contributed by atoms with Crippen LogP contribution in [-0.2, 0) is 4.79 Å². The van der Waals surface area contributed by atoms with Crippen molar-refractivity contribution in [1.29, 1.82) is 0 Å². The molecule has 21 heavy (non-hydrogen) atoms. The molecule has 0 spiro atoms. The number of nitrogens with two attached hydrogens (primary N) is 1. The molecule has 1 amide bonds. The first-order valence-electron chi connectivity index (χ1n) is 8.74. The number of carbonyl (C=O) groups excluding carboxylic acids is 1. The van der Waals surface area contributed by atoms with Crippen molar-refractivity contribution in [1.82, 2.24) is 4.90 Å². The van der Waals surface area contributed by atoms with Crippen molar-refractivity contribution < 1.29 is 4.79 Å². The molecule has 0 saturated heterocycles. The van der Waals surface area contributed by atoms with Gasteiger partial charge in [-0.05, 0) is 49.5 Å². The first-order chi connectivity index (χ1) is 9.76.